The molecule has 37 heavy (non-hydrogen) atoms. The van der Waals surface area contributed by atoms with Gasteiger partial charge < -0.3 is 29.6 Å². The van der Waals surface area contributed by atoms with Crippen LogP contribution in [0.2, 0.25) is 0 Å². The molecule has 3 heterocycles. The number of aromatic nitrogens is 2. The molecule has 0 saturated heterocycles. The smallest absolute Gasteiger partial charge is 0.457 e. The summed E-state index contributed by atoms with van der Waals surface area (Å²) in [5, 5.41) is 13.8. The van der Waals surface area contributed by atoms with E-state index in [1.54, 1.807) is 6.07 Å². The van der Waals surface area contributed by atoms with Crippen LogP contribution in [0, 0.1) is 10.1 Å². The molecule has 2 aromatic carbocycles. The van der Waals surface area contributed by atoms with E-state index < -0.39 is 11.3 Å². The Morgan fingerprint density at radius 1 is 1.14 bits per heavy atom. The Morgan fingerprint density at radius 3 is 2.57 bits per heavy atom. The molecule has 1 atom stereocenters. The summed E-state index contributed by atoms with van der Waals surface area (Å²) in [6.07, 6.45) is -3.49. The van der Waals surface area contributed by atoms with Gasteiger partial charge in [-0.3, -0.25) is 14.3 Å². The summed E-state index contributed by atoms with van der Waals surface area (Å²) in [5.41, 5.74) is 2.00. The van der Waals surface area contributed by atoms with Crippen LogP contribution in [-0.2, 0) is 24.4 Å². The van der Waals surface area contributed by atoms with Crippen LogP contribution in [-0.4, -0.2) is 50.8 Å². The second-order valence-corrected chi connectivity index (χ2v) is 8.56. The van der Waals surface area contributed by atoms with Crippen molar-refractivity contribution >= 4 is 11.7 Å². The fourth-order valence-corrected chi connectivity index (χ4v) is 4.21. The summed E-state index contributed by atoms with van der Waals surface area (Å²) in [6.45, 7) is 1.68. The van der Waals surface area contributed by atoms with Crippen LogP contribution in [0.15, 0.2) is 48.7 Å². The molecule has 0 spiro atoms. The average molecular weight is 519 g/mol. The predicted molar refractivity (Wildman–Crippen MR) is 120 cm³/mol. The number of imidazole rings is 1. The zero-order chi connectivity index (χ0) is 26.2. The molecule has 3 aromatic rings. The number of hydrogen-bond donors (Lipinski definition) is 1. The van der Waals surface area contributed by atoms with Crippen molar-refractivity contribution in [3.63, 3.8) is 0 Å². The number of rotatable bonds is 7. The number of benzene rings is 2. The van der Waals surface area contributed by atoms with E-state index in [4.69, 9.17) is 9.47 Å². The average Bonchev–Trinajstić information content (AvgIpc) is 3.42. The van der Waals surface area contributed by atoms with E-state index in [2.05, 4.69) is 15.0 Å². The van der Waals surface area contributed by atoms with Gasteiger partial charge in [0.15, 0.2) is 0 Å². The van der Waals surface area contributed by atoms with Gasteiger partial charge in [-0.05, 0) is 52.4 Å². The van der Waals surface area contributed by atoms with Gasteiger partial charge >= 0.3 is 18.2 Å². The minimum absolute atomic E-state index is 0.138. The molecule has 1 amide bonds. The SMILES string of the molecule is O=C(CN1Cc2ccc(Oc3ccc(OC(F)(F)F)cc3)cc2C1)N[C@@H]1COc2nc([N+](=O)[O-])cn2C1. The molecular formula is C23H20F3N5O6. The number of carbonyl (C=O) groups excluding carboxylic acids is 1. The summed E-state index contributed by atoms with van der Waals surface area (Å²) in [4.78, 5) is 28.6. The number of hydrogen-bond acceptors (Lipinski definition) is 8. The lowest BCUT2D eigenvalue weighted by atomic mass is 10.1. The molecule has 1 aromatic heterocycles. The van der Waals surface area contributed by atoms with Gasteiger partial charge in [0.2, 0.25) is 5.91 Å². The zero-order valence-corrected chi connectivity index (χ0v) is 19.1. The Balaban J connectivity index is 1.13. The molecule has 2 aliphatic heterocycles. The van der Waals surface area contributed by atoms with E-state index in [9.17, 15) is 28.1 Å². The predicted octanol–water partition coefficient (Wildman–Crippen LogP) is 3.38. The maximum atomic E-state index is 12.6. The fraction of sp³-hybridized carbons (Fsp3) is 0.304. The Morgan fingerprint density at radius 2 is 1.84 bits per heavy atom. The lowest BCUT2D eigenvalue weighted by Gasteiger charge is -2.24. The summed E-state index contributed by atoms with van der Waals surface area (Å²) < 4.78 is 53.5. The molecule has 2 aliphatic rings. The van der Waals surface area contributed by atoms with Crippen molar-refractivity contribution in [2.45, 2.75) is 32.0 Å². The molecule has 0 fully saturated rings. The third-order valence-electron chi connectivity index (χ3n) is 5.74. The van der Waals surface area contributed by atoms with Crippen LogP contribution in [0.25, 0.3) is 0 Å². The van der Waals surface area contributed by atoms with E-state index in [0.717, 1.165) is 11.1 Å². The van der Waals surface area contributed by atoms with Crippen molar-refractivity contribution in [2.24, 2.45) is 0 Å². The third-order valence-corrected chi connectivity index (χ3v) is 5.74. The third kappa shape index (κ3) is 5.91. The van der Waals surface area contributed by atoms with E-state index in [0.29, 0.717) is 31.1 Å². The summed E-state index contributed by atoms with van der Waals surface area (Å²) >= 11 is 0. The van der Waals surface area contributed by atoms with Gasteiger partial charge in [0, 0.05) is 18.1 Å². The van der Waals surface area contributed by atoms with E-state index in [1.807, 2.05) is 17.0 Å². The molecule has 0 unspecified atom stereocenters. The second kappa shape index (κ2) is 9.61. The number of fused-ring (bicyclic) bond motifs is 2. The van der Waals surface area contributed by atoms with Crippen LogP contribution < -0.4 is 19.5 Å². The highest BCUT2D eigenvalue weighted by Crippen LogP contribution is 2.31. The number of amides is 1. The van der Waals surface area contributed by atoms with Gasteiger partial charge in [-0.15, -0.1) is 13.2 Å². The first kappa shape index (κ1) is 24.4. The van der Waals surface area contributed by atoms with Crippen LogP contribution in [0.3, 0.4) is 0 Å². The Bertz CT molecular complexity index is 1330. The van der Waals surface area contributed by atoms with Crippen molar-refractivity contribution in [1.82, 2.24) is 19.8 Å². The maximum absolute atomic E-state index is 12.6. The summed E-state index contributed by atoms with van der Waals surface area (Å²) in [6, 6.07) is 10.4. The lowest BCUT2D eigenvalue weighted by molar-refractivity contribution is -0.389. The molecule has 194 valence electrons. The molecule has 11 nitrogen and oxygen atoms in total. The van der Waals surface area contributed by atoms with E-state index in [-0.39, 0.29) is 42.7 Å². The number of nitrogens with one attached hydrogen (secondary N) is 1. The Labute approximate surface area is 207 Å². The minimum Gasteiger partial charge on any atom is -0.457 e. The van der Waals surface area contributed by atoms with E-state index in [1.165, 1.54) is 35.0 Å². The van der Waals surface area contributed by atoms with Gasteiger partial charge in [0.25, 0.3) is 0 Å². The minimum atomic E-state index is -4.76. The number of alkyl halides is 3. The van der Waals surface area contributed by atoms with Crippen LogP contribution >= 0.6 is 0 Å². The normalized spacial score (nSPS) is 16.9. The van der Waals surface area contributed by atoms with Crippen molar-refractivity contribution < 1.29 is 37.1 Å². The van der Waals surface area contributed by atoms with Crippen LogP contribution in [0.1, 0.15) is 11.1 Å². The van der Waals surface area contributed by atoms with Crippen LogP contribution in [0.5, 0.6) is 23.3 Å². The Kier molecular flexibility index (Phi) is 6.33. The van der Waals surface area contributed by atoms with Gasteiger partial charge in [0.05, 0.1) is 19.1 Å². The number of nitrogens with zero attached hydrogens (tertiary/aromatic N) is 4. The quantitative estimate of drug-likeness (QED) is 0.373. The van der Waals surface area contributed by atoms with Gasteiger partial charge in [0.1, 0.15) is 30.1 Å². The molecule has 0 radical (unpaired) electrons. The number of carbonyl (C=O) groups is 1. The highest BCUT2D eigenvalue weighted by atomic mass is 19.4. The summed E-state index contributed by atoms with van der Waals surface area (Å²) in [7, 11) is 0. The first-order chi connectivity index (χ1) is 17.6. The lowest BCUT2D eigenvalue weighted by Crippen LogP contribution is -2.47. The van der Waals surface area contributed by atoms with Crippen molar-refractivity contribution in [2.75, 3.05) is 13.2 Å². The standard InChI is InChI=1S/C23H20F3N5O6/c24-23(25,26)37-18-5-3-17(4-6-18)36-19-2-1-14-8-29(9-15(14)7-19)12-21(32)27-16-10-30-11-20(31(33)34)28-22(30)35-13-16/h1-7,11,16H,8-10,12-13H2,(H,27,32)/t16-/m0/s1. The summed E-state index contributed by atoms with van der Waals surface area (Å²) in [5.74, 6) is 0.00274. The number of ether oxygens (including phenoxy) is 3. The van der Waals surface area contributed by atoms with Gasteiger partial charge in [-0.1, -0.05) is 6.07 Å². The second-order valence-electron chi connectivity index (χ2n) is 8.56. The number of halogens is 3. The van der Waals surface area contributed by atoms with Crippen molar-refractivity contribution in [3.05, 3.63) is 69.9 Å². The molecule has 1 N–H and O–H groups in total. The largest absolute Gasteiger partial charge is 0.573 e. The molecule has 5 rings (SSSR count). The molecular weight excluding hydrogens is 499 g/mol. The highest BCUT2D eigenvalue weighted by Gasteiger charge is 2.31. The fourth-order valence-electron chi connectivity index (χ4n) is 4.21. The molecule has 0 saturated carbocycles. The zero-order valence-electron chi connectivity index (χ0n) is 19.1. The monoisotopic (exact) mass is 519 g/mol. The molecule has 14 heteroatoms. The topological polar surface area (TPSA) is 121 Å². The Hall–Kier alpha value is -4.33. The first-order valence-corrected chi connectivity index (χ1v) is 11.1. The van der Waals surface area contributed by atoms with Gasteiger partial charge in [-0.25, -0.2) is 0 Å². The number of nitro groups is 1. The maximum Gasteiger partial charge on any atom is 0.573 e. The van der Waals surface area contributed by atoms with Crippen molar-refractivity contribution in [3.8, 4) is 23.3 Å². The van der Waals surface area contributed by atoms with Gasteiger partial charge in [-0.2, -0.15) is 0 Å². The van der Waals surface area contributed by atoms with E-state index >= 15 is 0 Å². The molecule has 0 aliphatic carbocycles. The van der Waals surface area contributed by atoms with Crippen molar-refractivity contribution in [1.29, 1.82) is 0 Å². The molecule has 0 bridgehead atoms. The first-order valence-electron chi connectivity index (χ1n) is 11.1. The highest BCUT2D eigenvalue weighted by molar-refractivity contribution is 5.78. The van der Waals surface area contributed by atoms with Crippen LogP contribution in [0.4, 0.5) is 19.0 Å².